The Labute approximate surface area is 173 Å². The molecule has 3 rings (SSSR count). The molecule has 28 heavy (non-hydrogen) atoms. The van der Waals surface area contributed by atoms with E-state index >= 15 is 0 Å². The molecule has 1 amide bonds. The summed E-state index contributed by atoms with van der Waals surface area (Å²) in [6.07, 6.45) is 0. The van der Waals surface area contributed by atoms with E-state index in [0.717, 1.165) is 3.57 Å². The van der Waals surface area contributed by atoms with E-state index < -0.39 is 10.8 Å². The van der Waals surface area contributed by atoms with Gasteiger partial charge >= 0.3 is 0 Å². The smallest absolute Gasteiger partial charge is 0.297 e. The number of anilines is 2. The molecule has 3 aromatic rings. The second-order valence-electron chi connectivity index (χ2n) is 6.06. The maximum Gasteiger partial charge on any atom is 0.297 e. The molecule has 3 N–H and O–H groups in total. The Balaban J connectivity index is 2.20. The van der Waals surface area contributed by atoms with Gasteiger partial charge in [0.25, 0.3) is 11.6 Å². The van der Waals surface area contributed by atoms with Crippen molar-refractivity contribution in [1.29, 1.82) is 0 Å². The van der Waals surface area contributed by atoms with Crippen LogP contribution in [0.2, 0.25) is 0 Å². The number of hydrogen-bond donors (Lipinski definition) is 3. The number of carbonyl (C=O) groups is 1. The van der Waals surface area contributed by atoms with E-state index in [-0.39, 0.29) is 22.6 Å². The standard InChI is InChI=1S/C18H16IN5O4/c1-10-7-11(2)23(21-10)16-8-14(18(25)22-26)15(9-17(16)24(27)28)20-13-5-3-12(19)4-6-13/h3-9,20,26H,1-2H3,(H,22,25). The molecule has 0 unspecified atom stereocenters. The Morgan fingerprint density at radius 2 is 1.89 bits per heavy atom. The molecule has 0 saturated heterocycles. The van der Waals surface area contributed by atoms with Crippen LogP contribution in [0.25, 0.3) is 5.69 Å². The number of nitro benzene ring substituents is 1. The fraction of sp³-hybridized carbons (Fsp3) is 0.111. The van der Waals surface area contributed by atoms with Crippen LogP contribution >= 0.6 is 22.6 Å². The van der Waals surface area contributed by atoms with Crippen molar-refractivity contribution in [3.63, 3.8) is 0 Å². The molecule has 0 radical (unpaired) electrons. The van der Waals surface area contributed by atoms with Crippen LogP contribution in [0.3, 0.4) is 0 Å². The van der Waals surface area contributed by atoms with Gasteiger partial charge in [0.15, 0.2) is 0 Å². The molecule has 0 aliphatic carbocycles. The average molecular weight is 493 g/mol. The minimum Gasteiger partial charge on any atom is -0.355 e. The first-order valence-electron chi connectivity index (χ1n) is 8.13. The summed E-state index contributed by atoms with van der Waals surface area (Å²) < 4.78 is 2.42. The Morgan fingerprint density at radius 1 is 1.21 bits per heavy atom. The fourth-order valence-corrected chi connectivity index (χ4v) is 3.17. The first kappa shape index (κ1) is 19.8. The lowest BCUT2D eigenvalue weighted by Crippen LogP contribution is -2.21. The summed E-state index contributed by atoms with van der Waals surface area (Å²) in [4.78, 5) is 23.4. The topological polar surface area (TPSA) is 122 Å². The highest BCUT2D eigenvalue weighted by molar-refractivity contribution is 14.1. The SMILES string of the molecule is Cc1cc(C)n(-c2cc(C(=O)NO)c(Nc3ccc(I)cc3)cc2[N+](=O)[O-])n1. The zero-order chi connectivity index (χ0) is 20.4. The van der Waals surface area contributed by atoms with Gasteiger partial charge in [-0.3, -0.25) is 20.1 Å². The molecule has 0 spiro atoms. The van der Waals surface area contributed by atoms with Crippen molar-refractivity contribution >= 4 is 45.6 Å². The number of aryl methyl sites for hydroxylation is 2. The lowest BCUT2D eigenvalue weighted by Gasteiger charge is -2.14. The van der Waals surface area contributed by atoms with Crippen molar-refractivity contribution in [2.24, 2.45) is 0 Å². The van der Waals surface area contributed by atoms with Crippen molar-refractivity contribution in [1.82, 2.24) is 15.3 Å². The number of halogens is 1. The molecule has 1 heterocycles. The fourth-order valence-electron chi connectivity index (χ4n) is 2.81. The van der Waals surface area contributed by atoms with Crippen LogP contribution in [0.5, 0.6) is 0 Å². The van der Waals surface area contributed by atoms with Crippen LogP contribution in [-0.2, 0) is 0 Å². The quantitative estimate of drug-likeness (QED) is 0.215. The van der Waals surface area contributed by atoms with Crippen molar-refractivity contribution in [3.8, 4) is 5.69 Å². The first-order chi connectivity index (χ1) is 13.3. The van der Waals surface area contributed by atoms with Crippen LogP contribution in [0, 0.1) is 27.5 Å². The summed E-state index contributed by atoms with van der Waals surface area (Å²) in [5.41, 5.74) is 3.70. The molecule has 0 saturated carbocycles. The second kappa shape index (κ2) is 7.94. The summed E-state index contributed by atoms with van der Waals surface area (Å²) >= 11 is 2.16. The zero-order valence-corrected chi connectivity index (χ0v) is 17.1. The number of hydroxylamine groups is 1. The van der Waals surface area contributed by atoms with Crippen molar-refractivity contribution < 1.29 is 14.9 Å². The highest BCUT2D eigenvalue weighted by atomic mass is 127. The molecule has 2 aromatic carbocycles. The van der Waals surface area contributed by atoms with Crippen molar-refractivity contribution in [3.05, 3.63) is 73.1 Å². The number of hydrogen-bond acceptors (Lipinski definition) is 6. The third kappa shape index (κ3) is 3.97. The van der Waals surface area contributed by atoms with Gasteiger partial charge in [-0.15, -0.1) is 0 Å². The molecule has 0 aliphatic heterocycles. The molecule has 1 aromatic heterocycles. The number of nitrogens with zero attached hydrogens (tertiary/aromatic N) is 3. The predicted octanol–water partition coefficient (Wildman–Crippen LogP) is 3.86. The van der Waals surface area contributed by atoms with Gasteiger partial charge in [-0.2, -0.15) is 5.10 Å². The average Bonchev–Trinajstić information content (AvgIpc) is 3.00. The number of nitrogens with one attached hydrogen (secondary N) is 2. The van der Waals surface area contributed by atoms with Gasteiger partial charge in [0, 0.05) is 21.0 Å². The van der Waals surface area contributed by atoms with Crippen molar-refractivity contribution in [2.45, 2.75) is 13.8 Å². The third-order valence-corrected chi connectivity index (χ3v) is 4.74. The Bertz CT molecular complexity index is 1060. The van der Waals surface area contributed by atoms with Gasteiger partial charge in [-0.25, -0.2) is 10.2 Å². The lowest BCUT2D eigenvalue weighted by molar-refractivity contribution is -0.384. The molecule has 9 nitrogen and oxygen atoms in total. The molecule has 0 bridgehead atoms. The van der Waals surface area contributed by atoms with Gasteiger partial charge in [-0.05, 0) is 72.8 Å². The van der Waals surface area contributed by atoms with Crippen LogP contribution in [-0.4, -0.2) is 25.8 Å². The predicted molar refractivity (Wildman–Crippen MR) is 111 cm³/mol. The maximum atomic E-state index is 12.2. The molecule has 0 aliphatic rings. The number of rotatable bonds is 5. The third-order valence-electron chi connectivity index (χ3n) is 4.02. The number of amides is 1. The molecular formula is C18H16IN5O4. The first-order valence-corrected chi connectivity index (χ1v) is 9.21. The summed E-state index contributed by atoms with van der Waals surface area (Å²) in [5, 5.41) is 28.1. The maximum absolute atomic E-state index is 12.2. The van der Waals surface area contributed by atoms with E-state index in [0.29, 0.717) is 17.1 Å². The zero-order valence-electron chi connectivity index (χ0n) is 14.9. The van der Waals surface area contributed by atoms with Crippen LogP contribution in [0.4, 0.5) is 17.1 Å². The normalized spacial score (nSPS) is 10.6. The Hall–Kier alpha value is -2.99. The van der Waals surface area contributed by atoms with E-state index in [4.69, 9.17) is 5.21 Å². The lowest BCUT2D eigenvalue weighted by atomic mass is 10.1. The van der Waals surface area contributed by atoms with E-state index in [2.05, 4.69) is 33.0 Å². The highest BCUT2D eigenvalue weighted by Gasteiger charge is 2.24. The van der Waals surface area contributed by atoms with Gasteiger partial charge in [-0.1, -0.05) is 0 Å². The van der Waals surface area contributed by atoms with E-state index in [9.17, 15) is 14.9 Å². The van der Waals surface area contributed by atoms with Gasteiger partial charge in [0.1, 0.15) is 5.69 Å². The van der Waals surface area contributed by atoms with Crippen LogP contribution < -0.4 is 10.8 Å². The summed E-state index contributed by atoms with van der Waals surface area (Å²) in [5.74, 6) is -0.800. The second-order valence-corrected chi connectivity index (χ2v) is 7.30. The summed E-state index contributed by atoms with van der Waals surface area (Å²) in [6, 6.07) is 11.6. The number of carbonyl (C=O) groups excluding carboxylic acids is 1. The van der Waals surface area contributed by atoms with Gasteiger partial charge in [0.05, 0.1) is 21.9 Å². The highest BCUT2D eigenvalue weighted by Crippen LogP contribution is 2.32. The molecular weight excluding hydrogens is 477 g/mol. The molecule has 144 valence electrons. The Morgan fingerprint density at radius 3 is 2.43 bits per heavy atom. The monoisotopic (exact) mass is 493 g/mol. The molecule has 10 heteroatoms. The van der Waals surface area contributed by atoms with Crippen LogP contribution in [0.15, 0.2) is 42.5 Å². The number of aromatic nitrogens is 2. The van der Waals surface area contributed by atoms with E-state index in [1.165, 1.54) is 16.8 Å². The largest absolute Gasteiger partial charge is 0.355 e. The van der Waals surface area contributed by atoms with Crippen molar-refractivity contribution in [2.75, 3.05) is 5.32 Å². The molecule has 0 fully saturated rings. The van der Waals surface area contributed by atoms with Gasteiger partial charge in [0.2, 0.25) is 0 Å². The van der Waals surface area contributed by atoms with E-state index in [1.807, 2.05) is 12.1 Å². The molecule has 0 atom stereocenters. The Kier molecular flexibility index (Phi) is 5.61. The summed E-state index contributed by atoms with van der Waals surface area (Å²) in [7, 11) is 0. The minimum absolute atomic E-state index is 0.0363. The van der Waals surface area contributed by atoms with Gasteiger partial charge < -0.3 is 5.32 Å². The van der Waals surface area contributed by atoms with Crippen LogP contribution in [0.1, 0.15) is 21.7 Å². The van der Waals surface area contributed by atoms with E-state index in [1.54, 1.807) is 37.5 Å². The summed E-state index contributed by atoms with van der Waals surface area (Å²) in [6.45, 7) is 3.52. The number of nitro groups is 1. The minimum atomic E-state index is -0.800. The number of benzene rings is 2.